The third-order valence-electron chi connectivity index (χ3n) is 5.41. The van der Waals surface area contributed by atoms with Crippen LogP contribution in [-0.4, -0.2) is 34.1 Å². The first-order valence-electron chi connectivity index (χ1n) is 10.1. The zero-order valence-corrected chi connectivity index (χ0v) is 16.3. The molecular weight excluding hydrogens is 369 g/mol. The van der Waals surface area contributed by atoms with Gasteiger partial charge in [0.05, 0.1) is 0 Å². The van der Waals surface area contributed by atoms with Gasteiger partial charge in [0.25, 0.3) is 0 Å². The summed E-state index contributed by atoms with van der Waals surface area (Å²) in [5.74, 6) is 1.25. The first-order valence-corrected chi connectivity index (χ1v) is 10.1. The van der Waals surface area contributed by atoms with E-state index in [9.17, 15) is 9.18 Å². The fraction of sp³-hybridized carbons (Fsp3) is 0.348. The highest BCUT2D eigenvalue weighted by Crippen LogP contribution is 2.27. The van der Waals surface area contributed by atoms with E-state index in [2.05, 4.69) is 22.3 Å². The van der Waals surface area contributed by atoms with Crippen molar-refractivity contribution in [3.05, 3.63) is 83.3 Å². The highest BCUT2D eigenvalue weighted by Gasteiger charge is 2.27. The molecule has 3 aromatic rings. The van der Waals surface area contributed by atoms with Gasteiger partial charge >= 0.3 is 0 Å². The summed E-state index contributed by atoms with van der Waals surface area (Å²) in [4.78, 5) is 14.4. The molecule has 0 bridgehead atoms. The van der Waals surface area contributed by atoms with Crippen LogP contribution in [0.5, 0.6) is 0 Å². The molecule has 0 N–H and O–H groups in total. The minimum atomic E-state index is -0.234. The number of hydrogen-bond donors (Lipinski definition) is 0. The largest absolute Gasteiger partial charge is 0.425 e. The Labute approximate surface area is 169 Å². The van der Waals surface area contributed by atoms with Gasteiger partial charge in [0.2, 0.25) is 17.7 Å². The minimum absolute atomic E-state index is 0.0960. The molecule has 1 fully saturated rings. The van der Waals surface area contributed by atoms with Crippen LogP contribution in [0.25, 0.3) is 0 Å². The van der Waals surface area contributed by atoms with E-state index in [-0.39, 0.29) is 17.6 Å². The number of halogens is 1. The van der Waals surface area contributed by atoms with E-state index in [1.165, 1.54) is 17.7 Å². The predicted octanol–water partition coefficient (Wildman–Crippen LogP) is 3.94. The minimum Gasteiger partial charge on any atom is -0.425 e. The lowest BCUT2D eigenvalue weighted by Crippen LogP contribution is -2.28. The lowest BCUT2D eigenvalue weighted by Gasteiger charge is -2.16. The van der Waals surface area contributed by atoms with Crippen LogP contribution in [0.1, 0.15) is 41.7 Å². The van der Waals surface area contributed by atoms with Gasteiger partial charge in [-0.3, -0.25) is 4.79 Å². The highest BCUT2D eigenvalue weighted by molar-refractivity contribution is 5.76. The van der Waals surface area contributed by atoms with Crippen LogP contribution in [-0.2, 0) is 24.1 Å². The second kappa shape index (κ2) is 8.99. The molecule has 2 aromatic carbocycles. The number of likely N-dealkylation sites (tertiary alicyclic amines) is 1. The zero-order chi connectivity index (χ0) is 20.1. The standard InChI is InChI=1S/C23H24FN3O2/c24-20-9-7-18(8-10-20)19-14-15-27(16-19)23(28)13-12-22-26-25-21(29-22)11-6-17-4-2-1-3-5-17/h1-5,7-10,19H,6,11-16H2/t19-/m0/s1. The third kappa shape index (κ3) is 5.08. The normalized spacial score (nSPS) is 16.3. The summed E-state index contributed by atoms with van der Waals surface area (Å²) >= 11 is 0. The van der Waals surface area contributed by atoms with E-state index in [0.29, 0.717) is 37.6 Å². The molecule has 4 rings (SSSR count). The summed E-state index contributed by atoms with van der Waals surface area (Å²) in [6.45, 7) is 1.41. The maximum Gasteiger partial charge on any atom is 0.223 e. The predicted molar refractivity (Wildman–Crippen MR) is 107 cm³/mol. The van der Waals surface area contributed by atoms with E-state index in [0.717, 1.165) is 24.9 Å². The number of amides is 1. The molecule has 2 heterocycles. The molecule has 0 unspecified atom stereocenters. The Morgan fingerprint density at radius 3 is 2.48 bits per heavy atom. The summed E-state index contributed by atoms with van der Waals surface area (Å²) in [6, 6.07) is 16.7. The van der Waals surface area contributed by atoms with Crippen molar-refractivity contribution in [1.82, 2.24) is 15.1 Å². The summed E-state index contributed by atoms with van der Waals surface area (Å²) in [6.07, 6.45) is 3.25. The second-order valence-corrected chi connectivity index (χ2v) is 7.45. The molecule has 1 aliphatic rings. The van der Waals surface area contributed by atoms with Gasteiger partial charge in [-0.05, 0) is 36.1 Å². The Morgan fingerprint density at radius 1 is 1.00 bits per heavy atom. The molecule has 150 valence electrons. The maximum atomic E-state index is 13.1. The van der Waals surface area contributed by atoms with Crippen molar-refractivity contribution >= 4 is 5.91 Å². The lowest BCUT2D eigenvalue weighted by molar-refractivity contribution is -0.130. The highest BCUT2D eigenvalue weighted by atomic mass is 19.1. The van der Waals surface area contributed by atoms with Gasteiger partial charge in [-0.25, -0.2) is 4.39 Å². The van der Waals surface area contributed by atoms with Crippen molar-refractivity contribution in [2.45, 2.75) is 38.0 Å². The summed E-state index contributed by atoms with van der Waals surface area (Å²) in [7, 11) is 0. The fourth-order valence-electron chi connectivity index (χ4n) is 3.75. The fourth-order valence-corrected chi connectivity index (χ4v) is 3.75. The topological polar surface area (TPSA) is 59.2 Å². The number of benzene rings is 2. The van der Waals surface area contributed by atoms with Crippen LogP contribution in [0.2, 0.25) is 0 Å². The number of rotatable bonds is 7. The Bertz CT molecular complexity index is 940. The number of hydrogen-bond acceptors (Lipinski definition) is 4. The van der Waals surface area contributed by atoms with Gasteiger partial charge < -0.3 is 9.32 Å². The zero-order valence-electron chi connectivity index (χ0n) is 16.3. The number of aromatic nitrogens is 2. The summed E-state index contributed by atoms with van der Waals surface area (Å²) < 4.78 is 18.8. The third-order valence-corrected chi connectivity index (χ3v) is 5.41. The Hall–Kier alpha value is -3.02. The van der Waals surface area contributed by atoms with Crippen molar-refractivity contribution in [2.75, 3.05) is 13.1 Å². The Kier molecular flexibility index (Phi) is 5.98. The molecule has 5 nitrogen and oxygen atoms in total. The van der Waals surface area contributed by atoms with Gasteiger partial charge in [-0.1, -0.05) is 42.5 Å². The molecule has 1 aromatic heterocycles. The van der Waals surface area contributed by atoms with Gasteiger partial charge in [0, 0.05) is 38.3 Å². The van der Waals surface area contributed by atoms with Crippen molar-refractivity contribution in [3.8, 4) is 0 Å². The van der Waals surface area contributed by atoms with Crippen LogP contribution in [0.4, 0.5) is 4.39 Å². The van der Waals surface area contributed by atoms with Gasteiger partial charge in [0.1, 0.15) is 5.82 Å². The molecule has 0 saturated carbocycles. The number of nitrogens with zero attached hydrogens (tertiary/aromatic N) is 3. The average molecular weight is 393 g/mol. The molecule has 1 amide bonds. The van der Waals surface area contributed by atoms with Crippen LogP contribution in [0.3, 0.4) is 0 Å². The van der Waals surface area contributed by atoms with Crippen molar-refractivity contribution in [1.29, 1.82) is 0 Å². The van der Waals surface area contributed by atoms with Crippen LogP contribution in [0, 0.1) is 5.82 Å². The number of carbonyl (C=O) groups excluding carboxylic acids is 1. The SMILES string of the molecule is O=C(CCc1nnc(CCc2ccccc2)o1)N1CC[C@H](c2ccc(F)cc2)C1. The van der Waals surface area contributed by atoms with Crippen LogP contribution >= 0.6 is 0 Å². The maximum absolute atomic E-state index is 13.1. The van der Waals surface area contributed by atoms with E-state index >= 15 is 0 Å². The van der Waals surface area contributed by atoms with Gasteiger partial charge in [0.15, 0.2) is 0 Å². The molecule has 0 spiro atoms. The lowest BCUT2D eigenvalue weighted by atomic mass is 9.99. The van der Waals surface area contributed by atoms with Crippen molar-refractivity contribution in [3.63, 3.8) is 0 Å². The number of carbonyl (C=O) groups is 1. The molecule has 0 radical (unpaired) electrons. The van der Waals surface area contributed by atoms with E-state index < -0.39 is 0 Å². The second-order valence-electron chi connectivity index (χ2n) is 7.45. The molecule has 6 heteroatoms. The summed E-state index contributed by atoms with van der Waals surface area (Å²) in [5, 5.41) is 8.17. The first-order chi connectivity index (χ1) is 14.2. The van der Waals surface area contributed by atoms with Crippen molar-refractivity contribution in [2.24, 2.45) is 0 Å². The molecular formula is C23H24FN3O2. The van der Waals surface area contributed by atoms with Gasteiger partial charge in [-0.15, -0.1) is 10.2 Å². The van der Waals surface area contributed by atoms with Gasteiger partial charge in [-0.2, -0.15) is 0 Å². The van der Waals surface area contributed by atoms with Crippen molar-refractivity contribution < 1.29 is 13.6 Å². The molecule has 29 heavy (non-hydrogen) atoms. The van der Waals surface area contributed by atoms with E-state index in [4.69, 9.17) is 4.42 Å². The quantitative estimate of drug-likeness (QED) is 0.610. The molecule has 1 atom stereocenters. The molecule has 0 aliphatic carbocycles. The smallest absolute Gasteiger partial charge is 0.223 e. The number of aryl methyl sites for hydroxylation is 3. The Morgan fingerprint density at radius 2 is 1.72 bits per heavy atom. The summed E-state index contributed by atoms with van der Waals surface area (Å²) in [5.41, 5.74) is 2.31. The van der Waals surface area contributed by atoms with Crippen LogP contribution in [0.15, 0.2) is 59.0 Å². The van der Waals surface area contributed by atoms with E-state index in [1.807, 2.05) is 35.2 Å². The monoisotopic (exact) mass is 393 g/mol. The first kappa shape index (κ1) is 19.3. The van der Waals surface area contributed by atoms with E-state index in [1.54, 1.807) is 0 Å². The molecule has 1 saturated heterocycles. The van der Waals surface area contributed by atoms with Crippen LogP contribution < -0.4 is 0 Å². The molecule has 1 aliphatic heterocycles. The Balaban J connectivity index is 1.24. The average Bonchev–Trinajstić information content (AvgIpc) is 3.42.